The van der Waals surface area contributed by atoms with Gasteiger partial charge in [-0.3, -0.25) is 4.98 Å². The first kappa shape index (κ1) is 15.0. The van der Waals surface area contributed by atoms with Gasteiger partial charge in [-0.2, -0.15) is 0 Å². The van der Waals surface area contributed by atoms with Crippen molar-refractivity contribution in [1.82, 2.24) is 10.3 Å². The number of pyridine rings is 1. The van der Waals surface area contributed by atoms with Crippen LogP contribution in [-0.2, 0) is 6.54 Å². The van der Waals surface area contributed by atoms with Crippen LogP contribution in [0.2, 0.25) is 0 Å². The van der Waals surface area contributed by atoms with E-state index in [4.69, 9.17) is 0 Å². The smallest absolute Gasteiger partial charge is 0.0598 e. The van der Waals surface area contributed by atoms with Crippen LogP contribution in [-0.4, -0.2) is 24.6 Å². The van der Waals surface area contributed by atoms with Gasteiger partial charge in [0.15, 0.2) is 0 Å². The summed E-state index contributed by atoms with van der Waals surface area (Å²) < 4.78 is 0. The summed E-state index contributed by atoms with van der Waals surface area (Å²) in [4.78, 5) is 6.58. The molecule has 0 fully saturated rings. The van der Waals surface area contributed by atoms with Crippen LogP contribution in [0, 0.1) is 5.92 Å². The third-order valence-corrected chi connectivity index (χ3v) is 3.39. The van der Waals surface area contributed by atoms with Crippen LogP contribution in [0.15, 0.2) is 18.5 Å². The van der Waals surface area contributed by atoms with Crippen LogP contribution in [0.1, 0.15) is 39.7 Å². The topological polar surface area (TPSA) is 28.2 Å². The maximum absolute atomic E-state index is 4.26. The number of aromatic nitrogens is 1. The number of hydrogen-bond donors (Lipinski definition) is 1. The molecule has 0 amide bonds. The highest BCUT2D eigenvalue weighted by molar-refractivity contribution is 5.51. The minimum atomic E-state index is 0.540. The second-order valence-electron chi connectivity index (χ2n) is 5.40. The molecule has 0 aromatic carbocycles. The zero-order valence-corrected chi connectivity index (χ0v) is 12.4. The normalized spacial score (nSPS) is 12.8. The molecule has 0 radical (unpaired) electrons. The summed E-state index contributed by atoms with van der Waals surface area (Å²) in [5.41, 5.74) is 2.57. The lowest BCUT2D eigenvalue weighted by atomic mass is 10.1. The Labute approximate surface area is 112 Å². The molecule has 1 atom stereocenters. The maximum atomic E-state index is 4.26. The zero-order valence-electron chi connectivity index (χ0n) is 12.4. The summed E-state index contributed by atoms with van der Waals surface area (Å²) in [6.07, 6.45) is 4.99. The van der Waals surface area contributed by atoms with E-state index in [1.54, 1.807) is 0 Å². The van der Waals surface area contributed by atoms with Crippen molar-refractivity contribution in [3.63, 3.8) is 0 Å². The Bertz CT molecular complexity index is 349. The Morgan fingerprint density at radius 2 is 2.06 bits per heavy atom. The summed E-state index contributed by atoms with van der Waals surface area (Å²) in [5, 5.41) is 3.50. The minimum absolute atomic E-state index is 0.540. The van der Waals surface area contributed by atoms with Gasteiger partial charge in [-0.15, -0.1) is 0 Å². The predicted octanol–water partition coefficient (Wildman–Crippen LogP) is 3.06. The molecule has 1 N–H and O–H groups in total. The summed E-state index contributed by atoms with van der Waals surface area (Å²) in [5.74, 6) is 0.683. The van der Waals surface area contributed by atoms with Gasteiger partial charge in [-0.05, 0) is 37.4 Å². The van der Waals surface area contributed by atoms with Crippen LogP contribution in [0.4, 0.5) is 5.69 Å². The molecule has 0 aliphatic rings. The van der Waals surface area contributed by atoms with Crippen LogP contribution in [0.3, 0.4) is 0 Å². The first-order valence-corrected chi connectivity index (χ1v) is 6.92. The van der Waals surface area contributed by atoms with Gasteiger partial charge in [0, 0.05) is 25.8 Å². The fraction of sp³-hybridized carbons (Fsp3) is 0.667. The van der Waals surface area contributed by atoms with Crippen molar-refractivity contribution in [3.8, 4) is 0 Å². The molecular formula is C15H27N3. The zero-order chi connectivity index (χ0) is 13.5. The molecule has 0 aliphatic heterocycles. The standard InChI is InChI=1S/C15H27N3/c1-6-13(4)18(5)15-11-16-8-7-14(15)10-17-9-12(2)3/h7-8,11-13,17H,6,9-10H2,1-5H3. The third-order valence-electron chi connectivity index (χ3n) is 3.39. The summed E-state index contributed by atoms with van der Waals surface area (Å²) in [6, 6.07) is 2.65. The number of rotatable bonds is 7. The lowest BCUT2D eigenvalue weighted by Crippen LogP contribution is -2.30. The third kappa shape index (κ3) is 4.30. The van der Waals surface area contributed by atoms with Gasteiger partial charge in [0.25, 0.3) is 0 Å². The molecule has 0 aliphatic carbocycles. The Morgan fingerprint density at radius 3 is 2.67 bits per heavy atom. The molecule has 102 valence electrons. The molecule has 1 heterocycles. The maximum Gasteiger partial charge on any atom is 0.0598 e. The summed E-state index contributed by atoms with van der Waals surface area (Å²) in [6.45, 7) is 10.9. The van der Waals surface area contributed by atoms with Crippen molar-refractivity contribution >= 4 is 5.69 Å². The fourth-order valence-electron chi connectivity index (χ4n) is 1.89. The highest BCUT2D eigenvalue weighted by atomic mass is 15.1. The van der Waals surface area contributed by atoms with E-state index < -0.39 is 0 Å². The second-order valence-corrected chi connectivity index (χ2v) is 5.40. The van der Waals surface area contributed by atoms with Crippen LogP contribution in [0.5, 0.6) is 0 Å². The van der Waals surface area contributed by atoms with Gasteiger partial charge in [0.2, 0.25) is 0 Å². The molecule has 3 nitrogen and oxygen atoms in total. The van der Waals surface area contributed by atoms with Crippen LogP contribution < -0.4 is 10.2 Å². The van der Waals surface area contributed by atoms with Crippen molar-refractivity contribution in [3.05, 3.63) is 24.0 Å². The van der Waals surface area contributed by atoms with Gasteiger partial charge in [0.05, 0.1) is 11.9 Å². The van der Waals surface area contributed by atoms with E-state index in [0.29, 0.717) is 12.0 Å². The van der Waals surface area contributed by atoms with Crippen LogP contribution in [0.25, 0.3) is 0 Å². The minimum Gasteiger partial charge on any atom is -0.370 e. The first-order chi connectivity index (χ1) is 8.56. The van der Waals surface area contributed by atoms with E-state index in [1.807, 2.05) is 12.4 Å². The lowest BCUT2D eigenvalue weighted by molar-refractivity contribution is 0.551. The van der Waals surface area contributed by atoms with Crippen molar-refractivity contribution in [2.24, 2.45) is 5.92 Å². The van der Waals surface area contributed by atoms with Gasteiger partial charge in [0.1, 0.15) is 0 Å². The Hall–Kier alpha value is -1.09. The van der Waals surface area contributed by atoms with Gasteiger partial charge in [-0.25, -0.2) is 0 Å². The summed E-state index contributed by atoms with van der Waals surface area (Å²) in [7, 11) is 2.15. The van der Waals surface area contributed by atoms with E-state index >= 15 is 0 Å². The number of hydrogen-bond acceptors (Lipinski definition) is 3. The molecule has 18 heavy (non-hydrogen) atoms. The average Bonchev–Trinajstić information content (AvgIpc) is 2.37. The number of anilines is 1. The van der Waals surface area contributed by atoms with Crippen molar-refractivity contribution in [1.29, 1.82) is 0 Å². The van der Waals surface area contributed by atoms with Gasteiger partial charge >= 0.3 is 0 Å². The van der Waals surface area contributed by atoms with E-state index in [1.165, 1.54) is 11.3 Å². The fourth-order valence-corrected chi connectivity index (χ4v) is 1.89. The van der Waals surface area contributed by atoms with E-state index in [-0.39, 0.29) is 0 Å². The molecule has 1 aromatic heterocycles. The molecule has 0 saturated carbocycles. The summed E-state index contributed by atoms with van der Waals surface area (Å²) >= 11 is 0. The number of nitrogens with one attached hydrogen (secondary N) is 1. The van der Waals surface area contributed by atoms with Gasteiger partial charge in [-0.1, -0.05) is 20.8 Å². The van der Waals surface area contributed by atoms with E-state index in [2.05, 4.69) is 56.0 Å². The van der Waals surface area contributed by atoms with E-state index in [0.717, 1.165) is 19.5 Å². The monoisotopic (exact) mass is 249 g/mol. The molecule has 0 bridgehead atoms. The van der Waals surface area contributed by atoms with Gasteiger partial charge < -0.3 is 10.2 Å². The molecule has 3 heteroatoms. The molecular weight excluding hydrogens is 222 g/mol. The highest BCUT2D eigenvalue weighted by Gasteiger charge is 2.12. The van der Waals surface area contributed by atoms with Crippen molar-refractivity contribution in [2.75, 3.05) is 18.5 Å². The number of nitrogens with zero attached hydrogens (tertiary/aromatic N) is 2. The highest BCUT2D eigenvalue weighted by Crippen LogP contribution is 2.20. The predicted molar refractivity (Wildman–Crippen MR) is 78.9 cm³/mol. The largest absolute Gasteiger partial charge is 0.370 e. The van der Waals surface area contributed by atoms with Crippen molar-refractivity contribution in [2.45, 2.75) is 46.7 Å². The van der Waals surface area contributed by atoms with E-state index in [9.17, 15) is 0 Å². The SMILES string of the molecule is CCC(C)N(C)c1cnccc1CNCC(C)C. The molecule has 0 spiro atoms. The average molecular weight is 249 g/mol. The molecule has 1 aromatic rings. The Balaban J connectivity index is 2.73. The molecule has 0 saturated heterocycles. The molecule has 1 rings (SSSR count). The lowest BCUT2D eigenvalue weighted by Gasteiger charge is -2.28. The van der Waals surface area contributed by atoms with Crippen LogP contribution >= 0.6 is 0 Å². The molecule has 1 unspecified atom stereocenters. The Kier molecular flexibility index (Phi) is 6.13. The quantitative estimate of drug-likeness (QED) is 0.805. The van der Waals surface area contributed by atoms with Crippen molar-refractivity contribution < 1.29 is 0 Å². The Morgan fingerprint density at radius 1 is 1.33 bits per heavy atom. The first-order valence-electron chi connectivity index (χ1n) is 6.92. The second kappa shape index (κ2) is 7.37.